The highest BCUT2D eigenvalue weighted by atomic mass is 32.2. The van der Waals surface area contributed by atoms with E-state index >= 15 is 0 Å². The van der Waals surface area contributed by atoms with Gasteiger partial charge in [0.15, 0.2) is 0 Å². The van der Waals surface area contributed by atoms with Crippen LogP contribution in [0.25, 0.3) is 0 Å². The summed E-state index contributed by atoms with van der Waals surface area (Å²) in [5.74, 6) is 0.484. The lowest BCUT2D eigenvalue weighted by Gasteiger charge is -2.06. The molecule has 0 aliphatic rings. The van der Waals surface area contributed by atoms with Crippen molar-refractivity contribution in [3.63, 3.8) is 0 Å². The van der Waals surface area contributed by atoms with Gasteiger partial charge in [-0.2, -0.15) is 0 Å². The Hall–Kier alpha value is -2.45. The van der Waals surface area contributed by atoms with Gasteiger partial charge in [0.1, 0.15) is 5.82 Å². The summed E-state index contributed by atoms with van der Waals surface area (Å²) in [5, 5.41) is 10.7. The van der Waals surface area contributed by atoms with E-state index in [0.29, 0.717) is 24.3 Å². The molecule has 1 aromatic carbocycles. The van der Waals surface area contributed by atoms with E-state index < -0.39 is 10.0 Å². The largest absolute Gasteiger partial charge is 0.373 e. The van der Waals surface area contributed by atoms with Gasteiger partial charge in [-0.3, -0.25) is 4.79 Å². The number of rotatable bonds is 6. The number of anilines is 1. The summed E-state index contributed by atoms with van der Waals surface area (Å²) >= 11 is 0. The Balaban J connectivity index is 1.87. The first-order valence-corrected chi connectivity index (χ1v) is 8.48. The maximum atomic E-state index is 12.0. The second kappa shape index (κ2) is 7.21. The van der Waals surface area contributed by atoms with Crippen molar-refractivity contribution in [2.75, 3.05) is 18.9 Å². The normalized spacial score (nSPS) is 11.0. The fourth-order valence-electron chi connectivity index (χ4n) is 1.94. The first kappa shape index (κ1) is 16.9. The molecule has 2 aromatic rings. The number of amides is 1. The Kier molecular flexibility index (Phi) is 5.30. The molecule has 0 aliphatic carbocycles. The Labute approximate surface area is 135 Å². The summed E-state index contributed by atoms with van der Waals surface area (Å²) in [7, 11) is -1.92. The van der Waals surface area contributed by atoms with E-state index in [9.17, 15) is 13.2 Å². The van der Waals surface area contributed by atoms with Gasteiger partial charge in [-0.25, -0.2) is 18.5 Å². The minimum absolute atomic E-state index is 0.0704. The average molecular weight is 334 g/mol. The predicted octanol–water partition coefficient (Wildman–Crippen LogP) is 0.743. The number of nitrogens with one attached hydrogen (secondary N) is 2. The minimum Gasteiger partial charge on any atom is -0.373 e. The molecule has 2 rings (SSSR count). The molecule has 0 radical (unpaired) electrons. The summed E-state index contributed by atoms with van der Waals surface area (Å²) < 4.78 is 22.3. The number of sulfonamides is 1. The van der Waals surface area contributed by atoms with E-state index in [0.717, 1.165) is 5.56 Å². The third-order valence-corrected chi connectivity index (χ3v) is 4.16. The molecule has 0 aliphatic heterocycles. The van der Waals surface area contributed by atoms with Crippen molar-refractivity contribution in [3.8, 4) is 0 Å². The number of benzene rings is 1. The number of hydrogen-bond acceptors (Lipinski definition) is 5. The van der Waals surface area contributed by atoms with Crippen LogP contribution in [0.4, 0.5) is 5.82 Å². The number of nitrogens with zero attached hydrogens (tertiary/aromatic N) is 1. The average Bonchev–Trinajstić information content (AvgIpc) is 2.54. The molecule has 122 valence electrons. The van der Waals surface area contributed by atoms with Gasteiger partial charge in [0.05, 0.1) is 10.5 Å². The molecule has 0 saturated heterocycles. The maximum Gasteiger partial charge on any atom is 0.252 e. The molecule has 1 amide bonds. The Morgan fingerprint density at radius 2 is 1.87 bits per heavy atom. The third kappa shape index (κ3) is 4.76. The molecule has 4 N–H and O–H groups in total. The predicted molar refractivity (Wildman–Crippen MR) is 87.6 cm³/mol. The molecule has 0 spiro atoms. The van der Waals surface area contributed by atoms with Crippen molar-refractivity contribution in [3.05, 3.63) is 53.7 Å². The van der Waals surface area contributed by atoms with Crippen LogP contribution < -0.4 is 15.8 Å². The molecule has 1 heterocycles. The smallest absolute Gasteiger partial charge is 0.252 e. The Morgan fingerprint density at radius 3 is 2.39 bits per heavy atom. The Bertz CT molecular complexity index is 771. The molecular weight excluding hydrogens is 316 g/mol. The number of pyridine rings is 1. The highest BCUT2D eigenvalue weighted by Crippen LogP contribution is 2.09. The summed E-state index contributed by atoms with van der Waals surface area (Å²) in [6.07, 6.45) is 2.08. The van der Waals surface area contributed by atoms with Crippen LogP contribution in [-0.2, 0) is 16.4 Å². The zero-order valence-electron chi connectivity index (χ0n) is 12.6. The number of carbonyl (C=O) groups is 1. The molecule has 8 heteroatoms. The van der Waals surface area contributed by atoms with Crippen molar-refractivity contribution >= 4 is 21.7 Å². The first-order chi connectivity index (χ1) is 10.9. The van der Waals surface area contributed by atoms with E-state index in [1.165, 1.54) is 18.3 Å². The van der Waals surface area contributed by atoms with E-state index in [2.05, 4.69) is 15.6 Å². The van der Waals surface area contributed by atoms with E-state index in [-0.39, 0.29) is 10.8 Å². The molecule has 0 atom stereocenters. The number of aromatic nitrogens is 1. The molecule has 0 unspecified atom stereocenters. The number of nitrogens with two attached hydrogens (primary N) is 1. The number of carbonyl (C=O) groups excluding carboxylic acids is 1. The van der Waals surface area contributed by atoms with Gasteiger partial charge in [-0.15, -0.1) is 0 Å². The van der Waals surface area contributed by atoms with Crippen LogP contribution in [0, 0.1) is 0 Å². The van der Waals surface area contributed by atoms with Crippen LogP contribution in [0.5, 0.6) is 0 Å². The molecule has 0 fully saturated rings. The van der Waals surface area contributed by atoms with E-state index in [4.69, 9.17) is 5.14 Å². The zero-order valence-corrected chi connectivity index (χ0v) is 13.4. The van der Waals surface area contributed by atoms with Crippen molar-refractivity contribution in [2.24, 2.45) is 5.14 Å². The monoisotopic (exact) mass is 334 g/mol. The highest BCUT2D eigenvalue weighted by Gasteiger charge is 2.08. The topological polar surface area (TPSA) is 114 Å². The fourth-order valence-corrected chi connectivity index (χ4v) is 2.46. The van der Waals surface area contributed by atoms with Crippen LogP contribution >= 0.6 is 0 Å². The lowest BCUT2D eigenvalue weighted by molar-refractivity contribution is 0.0954. The lowest BCUT2D eigenvalue weighted by atomic mass is 10.1. The second-order valence-electron chi connectivity index (χ2n) is 4.88. The van der Waals surface area contributed by atoms with E-state index in [1.807, 2.05) is 0 Å². The Morgan fingerprint density at radius 1 is 1.17 bits per heavy atom. The van der Waals surface area contributed by atoms with Crippen LogP contribution in [0.1, 0.15) is 15.9 Å². The lowest BCUT2D eigenvalue weighted by Crippen LogP contribution is -2.25. The van der Waals surface area contributed by atoms with Crippen molar-refractivity contribution in [1.29, 1.82) is 0 Å². The van der Waals surface area contributed by atoms with Crippen molar-refractivity contribution in [2.45, 2.75) is 11.3 Å². The standard InChI is InChI=1S/C15H18N4O3S/c1-17-14-7-4-12(10-19-14)15(20)18-9-8-11-2-5-13(6-3-11)23(16,21)22/h2-7,10H,8-9H2,1H3,(H,17,19)(H,18,20)(H2,16,21,22). The van der Waals surface area contributed by atoms with Gasteiger partial charge in [0.25, 0.3) is 5.91 Å². The van der Waals surface area contributed by atoms with Crippen molar-refractivity contribution < 1.29 is 13.2 Å². The summed E-state index contributed by atoms with van der Waals surface area (Å²) in [6.45, 7) is 0.432. The minimum atomic E-state index is -3.68. The molecule has 23 heavy (non-hydrogen) atoms. The van der Waals surface area contributed by atoms with Gasteiger partial charge < -0.3 is 10.6 Å². The first-order valence-electron chi connectivity index (χ1n) is 6.94. The van der Waals surface area contributed by atoms with Gasteiger partial charge in [-0.05, 0) is 36.2 Å². The van der Waals surface area contributed by atoms with Crippen LogP contribution in [0.2, 0.25) is 0 Å². The zero-order chi connectivity index (χ0) is 16.9. The molecular formula is C15H18N4O3S. The van der Waals surface area contributed by atoms with Crippen LogP contribution in [0.15, 0.2) is 47.5 Å². The SMILES string of the molecule is CNc1ccc(C(=O)NCCc2ccc(S(N)(=O)=O)cc2)cn1. The maximum absolute atomic E-state index is 12.0. The fraction of sp³-hybridized carbons (Fsp3) is 0.200. The van der Waals surface area contributed by atoms with Crippen LogP contribution in [-0.4, -0.2) is 32.9 Å². The van der Waals surface area contributed by atoms with Crippen LogP contribution in [0.3, 0.4) is 0 Å². The summed E-state index contributed by atoms with van der Waals surface area (Å²) in [6, 6.07) is 9.67. The van der Waals surface area contributed by atoms with Gasteiger partial charge in [-0.1, -0.05) is 12.1 Å². The number of hydrogen-bond donors (Lipinski definition) is 3. The van der Waals surface area contributed by atoms with Gasteiger partial charge in [0.2, 0.25) is 10.0 Å². The molecule has 0 saturated carbocycles. The summed E-state index contributed by atoms with van der Waals surface area (Å²) in [5.41, 5.74) is 1.38. The van der Waals surface area contributed by atoms with Gasteiger partial charge >= 0.3 is 0 Å². The molecule has 1 aromatic heterocycles. The second-order valence-corrected chi connectivity index (χ2v) is 6.44. The quantitative estimate of drug-likeness (QED) is 0.721. The van der Waals surface area contributed by atoms with Crippen molar-refractivity contribution in [1.82, 2.24) is 10.3 Å². The third-order valence-electron chi connectivity index (χ3n) is 3.23. The van der Waals surface area contributed by atoms with E-state index in [1.54, 1.807) is 31.3 Å². The summed E-state index contributed by atoms with van der Waals surface area (Å²) in [4.78, 5) is 16.1. The molecule has 7 nitrogen and oxygen atoms in total. The highest BCUT2D eigenvalue weighted by molar-refractivity contribution is 7.89. The molecule has 0 bridgehead atoms. The number of primary sulfonamides is 1. The van der Waals surface area contributed by atoms with Gasteiger partial charge in [0, 0.05) is 19.8 Å².